The SMILES string of the molecule is C[C@H](O)c1ccccc1OCCS(=O)(=O)C(C)(C)C. The largest absolute Gasteiger partial charge is 0.492 e. The molecule has 108 valence electrons. The second-order valence-electron chi connectivity index (χ2n) is 5.49. The Morgan fingerprint density at radius 2 is 1.84 bits per heavy atom. The van der Waals surface area contributed by atoms with E-state index in [1.54, 1.807) is 52.0 Å². The molecular weight excluding hydrogens is 264 g/mol. The molecule has 1 N–H and O–H groups in total. The summed E-state index contributed by atoms with van der Waals surface area (Å²) in [6.07, 6.45) is -0.643. The van der Waals surface area contributed by atoms with Crippen molar-refractivity contribution in [2.75, 3.05) is 12.4 Å². The Bertz CT molecular complexity index is 512. The van der Waals surface area contributed by atoms with E-state index in [4.69, 9.17) is 4.74 Å². The molecule has 0 aliphatic rings. The molecule has 4 nitrogen and oxygen atoms in total. The van der Waals surface area contributed by atoms with Crippen LogP contribution in [0, 0.1) is 0 Å². The lowest BCUT2D eigenvalue weighted by atomic mass is 10.1. The summed E-state index contributed by atoms with van der Waals surface area (Å²) >= 11 is 0. The van der Waals surface area contributed by atoms with Crippen molar-refractivity contribution in [1.82, 2.24) is 0 Å². The molecule has 0 bridgehead atoms. The van der Waals surface area contributed by atoms with Crippen LogP contribution in [0.4, 0.5) is 0 Å². The van der Waals surface area contributed by atoms with Gasteiger partial charge in [0, 0.05) is 5.56 Å². The molecule has 0 amide bonds. The second-order valence-corrected chi connectivity index (χ2v) is 8.36. The summed E-state index contributed by atoms with van der Waals surface area (Å²) in [6, 6.07) is 7.09. The molecule has 0 fully saturated rings. The van der Waals surface area contributed by atoms with Crippen LogP contribution in [0.2, 0.25) is 0 Å². The van der Waals surface area contributed by atoms with Gasteiger partial charge in [-0.25, -0.2) is 8.42 Å². The molecule has 0 saturated heterocycles. The van der Waals surface area contributed by atoms with Gasteiger partial charge in [0.05, 0.1) is 16.6 Å². The molecule has 0 radical (unpaired) electrons. The summed E-state index contributed by atoms with van der Waals surface area (Å²) in [4.78, 5) is 0. The monoisotopic (exact) mass is 286 g/mol. The van der Waals surface area contributed by atoms with E-state index in [0.717, 1.165) is 0 Å². The van der Waals surface area contributed by atoms with Crippen molar-refractivity contribution in [3.05, 3.63) is 29.8 Å². The van der Waals surface area contributed by atoms with E-state index < -0.39 is 20.7 Å². The van der Waals surface area contributed by atoms with E-state index in [-0.39, 0.29) is 12.4 Å². The predicted molar refractivity (Wildman–Crippen MR) is 76.1 cm³/mol. The Kier molecular flexibility index (Phi) is 4.98. The van der Waals surface area contributed by atoms with Crippen molar-refractivity contribution in [3.8, 4) is 5.75 Å². The molecule has 0 heterocycles. The molecule has 0 aliphatic heterocycles. The summed E-state index contributed by atoms with van der Waals surface area (Å²) in [5.41, 5.74) is 0.663. The predicted octanol–water partition coefficient (Wildman–Crippen LogP) is 2.33. The van der Waals surface area contributed by atoms with Gasteiger partial charge in [-0.1, -0.05) is 18.2 Å². The lowest BCUT2D eigenvalue weighted by Crippen LogP contribution is -2.32. The first-order chi connectivity index (χ1) is 8.65. The fourth-order valence-corrected chi connectivity index (χ4v) is 2.44. The van der Waals surface area contributed by atoms with Crippen molar-refractivity contribution >= 4 is 9.84 Å². The van der Waals surface area contributed by atoms with Crippen molar-refractivity contribution in [3.63, 3.8) is 0 Å². The average Bonchev–Trinajstić information content (AvgIpc) is 2.27. The topological polar surface area (TPSA) is 63.6 Å². The van der Waals surface area contributed by atoms with Crippen LogP contribution in [0.15, 0.2) is 24.3 Å². The van der Waals surface area contributed by atoms with Gasteiger partial charge in [-0.05, 0) is 33.8 Å². The smallest absolute Gasteiger partial charge is 0.158 e. The number of para-hydroxylation sites is 1. The summed E-state index contributed by atoms with van der Waals surface area (Å²) < 4.78 is 28.6. The number of hydrogen-bond donors (Lipinski definition) is 1. The Morgan fingerprint density at radius 3 is 2.37 bits per heavy atom. The molecule has 19 heavy (non-hydrogen) atoms. The summed E-state index contributed by atoms with van der Waals surface area (Å²) in [5.74, 6) is 0.492. The number of rotatable bonds is 5. The van der Waals surface area contributed by atoms with Crippen LogP contribution < -0.4 is 4.74 Å². The Hall–Kier alpha value is -1.07. The van der Waals surface area contributed by atoms with E-state index in [9.17, 15) is 13.5 Å². The number of hydrogen-bond acceptors (Lipinski definition) is 4. The maximum Gasteiger partial charge on any atom is 0.158 e. The summed E-state index contributed by atoms with van der Waals surface area (Å²) in [6.45, 7) is 6.75. The van der Waals surface area contributed by atoms with E-state index in [0.29, 0.717) is 11.3 Å². The molecular formula is C14H22O4S. The molecule has 0 spiro atoms. The van der Waals surface area contributed by atoms with Gasteiger partial charge in [-0.2, -0.15) is 0 Å². The van der Waals surface area contributed by atoms with E-state index in [1.807, 2.05) is 0 Å². The van der Waals surface area contributed by atoms with Gasteiger partial charge in [0.25, 0.3) is 0 Å². The fourth-order valence-electron chi connectivity index (χ4n) is 1.52. The number of sulfone groups is 1. The van der Waals surface area contributed by atoms with Crippen molar-refractivity contribution < 1.29 is 18.3 Å². The minimum atomic E-state index is -3.19. The highest BCUT2D eigenvalue weighted by atomic mass is 32.2. The third-order valence-corrected chi connectivity index (χ3v) is 5.48. The van der Waals surface area contributed by atoms with Gasteiger partial charge >= 0.3 is 0 Å². The first-order valence-corrected chi connectivity index (χ1v) is 7.92. The Labute approximate surface area is 115 Å². The zero-order valence-electron chi connectivity index (χ0n) is 11.9. The lowest BCUT2D eigenvalue weighted by Gasteiger charge is -2.19. The first kappa shape index (κ1) is 16.0. The van der Waals surface area contributed by atoms with Crippen molar-refractivity contribution in [2.24, 2.45) is 0 Å². The van der Waals surface area contributed by atoms with Crippen LogP contribution in [0.1, 0.15) is 39.4 Å². The maximum absolute atomic E-state index is 11.9. The molecule has 1 aromatic rings. The minimum Gasteiger partial charge on any atom is -0.492 e. The van der Waals surface area contributed by atoms with Crippen LogP contribution >= 0.6 is 0 Å². The molecule has 0 saturated carbocycles. The minimum absolute atomic E-state index is 0.0371. The van der Waals surface area contributed by atoms with Gasteiger partial charge < -0.3 is 9.84 Å². The van der Waals surface area contributed by atoms with E-state index in [2.05, 4.69) is 0 Å². The number of benzene rings is 1. The van der Waals surface area contributed by atoms with Crippen LogP contribution in [0.3, 0.4) is 0 Å². The Balaban J connectivity index is 2.70. The molecule has 0 aliphatic carbocycles. The molecule has 1 atom stereocenters. The fraction of sp³-hybridized carbons (Fsp3) is 0.571. The van der Waals surface area contributed by atoms with Gasteiger partial charge in [-0.3, -0.25) is 0 Å². The highest BCUT2D eigenvalue weighted by molar-refractivity contribution is 7.92. The molecule has 1 aromatic carbocycles. The Morgan fingerprint density at radius 1 is 1.26 bits per heavy atom. The van der Waals surface area contributed by atoms with Gasteiger partial charge in [0.15, 0.2) is 9.84 Å². The lowest BCUT2D eigenvalue weighted by molar-refractivity contribution is 0.192. The maximum atomic E-state index is 11.9. The molecule has 0 aromatic heterocycles. The van der Waals surface area contributed by atoms with Crippen LogP contribution in [-0.4, -0.2) is 30.6 Å². The third-order valence-electron chi connectivity index (χ3n) is 2.91. The van der Waals surface area contributed by atoms with Crippen LogP contribution in [0.25, 0.3) is 0 Å². The summed E-state index contributed by atoms with van der Waals surface area (Å²) in [7, 11) is -3.19. The zero-order valence-corrected chi connectivity index (χ0v) is 12.7. The second kappa shape index (κ2) is 5.92. The van der Waals surface area contributed by atoms with E-state index in [1.165, 1.54) is 0 Å². The van der Waals surface area contributed by atoms with Gasteiger partial charge in [0.1, 0.15) is 12.4 Å². The molecule has 0 unspecified atom stereocenters. The standard InChI is InChI=1S/C14H22O4S/c1-11(15)12-7-5-6-8-13(12)18-9-10-19(16,17)14(2,3)4/h5-8,11,15H,9-10H2,1-4H3/t11-/m0/s1. The van der Waals surface area contributed by atoms with Gasteiger partial charge in [0.2, 0.25) is 0 Å². The quantitative estimate of drug-likeness (QED) is 0.902. The molecule has 5 heteroatoms. The highest BCUT2D eigenvalue weighted by Gasteiger charge is 2.28. The van der Waals surface area contributed by atoms with Gasteiger partial charge in [-0.15, -0.1) is 0 Å². The van der Waals surface area contributed by atoms with Crippen molar-refractivity contribution in [1.29, 1.82) is 0 Å². The molecule has 1 rings (SSSR count). The number of ether oxygens (including phenoxy) is 1. The van der Waals surface area contributed by atoms with Crippen LogP contribution in [0.5, 0.6) is 5.75 Å². The zero-order chi connectivity index (χ0) is 14.7. The highest BCUT2D eigenvalue weighted by Crippen LogP contribution is 2.24. The normalized spacial score (nSPS) is 14.2. The number of aliphatic hydroxyl groups is 1. The van der Waals surface area contributed by atoms with E-state index >= 15 is 0 Å². The number of aliphatic hydroxyl groups excluding tert-OH is 1. The summed E-state index contributed by atoms with van der Waals surface area (Å²) in [5, 5.41) is 9.59. The third kappa shape index (κ3) is 4.21. The van der Waals surface area contributed by atoms with Crippen LogP contribution in [-0.2, 0) is 9.84 Å². The first-order valence-electron chi connectivity index (χ1n) is 6.27. The average molecular weight is 286 g/mol. The van der Waals surface area contributed by atoms with Crippen molar-refractivity contribution in [2.45, 2.75) is 38.5 Å².